The van der Waals surface area contributed by atoms with Crippen molar-refractivity contribution in [3.8, 4) is 6.07 Å². The van der Waals surface area contributed by atoms with Crippen molar-refractivity contribution in [3.63, 3.8) is 0 Å². The van der Waals surface area contributed by atoms with E-state index >= 15 is 0 Å². The molecule has 18 heavy (non-hydrogen) atoms. The number of rotatable bonds is 4. The van der Waals surface area contributed by atoms with Crippen LogP contribution in [0.1, 0.15) is 11.1 Å². The van der Waals surface area contributed by atoms with Crippen molar-refractivity contribution in [2.75, 3.05) is 20.2 Å². The normalized spacial score (nSPS) is 9.67. The molecule has 0 aliphatic heterocycles. The first-order valence-corrected chi connectivity index (χ1v) is 5.37. The topological polar surface area (TPSA) is 76.4 Å². The fourth-order valence-corrected chi connectivity index (χ4v) is 1.32. The van der Waals surface area contributed by atoms with Crippen LogP contribution in [-0.2, 0) is 6.54 Å². The summed E-state index contributed by atoms with van der Waals surface area (Å²) in [5, 5.41) is 19.8. The molecule has 0 atom stereocenters. The third-order valence-corrected chi connectivity index (χ3v) is 2.39. The Morgan fingerprint density at radius 2 is 2.33 bits per heavy atom. The van der Waals surface area contributed by atoms with E-state index in [4.69, 9.17) is 10.4 Å². The third-order valence-electron chi connectivity index (χ3n) is 2.39. The van der Waals surface area contributed by atoms with Crippen LogP contribution in [0, 0.1) is 17.1 Å². The first kappa shape index (κ1) is 13.9. The fourth-order valence-electron chi connectivity index (χ4n) is 1.32. The van der Waals surface area contributed by atoms with Gasteiger partial charge in [-0.05, 0) is 12.1 Å². The number of nitrogens with zero attached hydrogens (tertiary/aromatic N) is 2. The van der Waals surface area contributed by atoms with Gasteiger partial charge in [0.15, 0.2) is 0 Å². The number of nitrogens with one attached hydrogen (secondary N) is 1. The molecular weight excluding hydrogens is 237 g/mol. The van der Waals surface area contributed by atoms with Crippen LogP contribution >= 0.6 is 0 Å². The molecule has 0 heterocycles. The zero-order valence-electron chi connectivity index (χ0n) is 9.98. The molecule has 0 spiro atoms. The Labute approximate surface area is 104 Å². The van der Waals surface area contributed by atoms with Gasteiger partial charge in [-0.15, -0.1) is 0 Å². The molecule has 1 rings (SSSR count). The SMILES string of the molecule is CN(CCO)C(=O)NCc1ccc(C#N)cc1F. The monoisotopic (exact) mass is 251 g/mol. The van der Waals surface area contributed by atoms with Gasteiger partial charge in [0, 0.05) is 25.7 Å². The predicted octanol–water partition coefficient (Wildman–Crippen LogP) is 0.831. The lowest BCUT2D eigenvalue weighted by atomic mass is 10.1. The van der Waals surface area contributed by atoms with E-state index < -0.39 is 11.8 Å². The van der Waals surface area contributed by atoms with Crippen molar-refractivity contribution in [2.24, 2.45) is 0 Å². The number of carbonyl (C=O) groups is 1. The molecule has 6 heteroatoms. The predicted molar refractivity (Wildman–Crippen MR) is 63.1 cm³/mol. The summed E-state index contributed by atoms with van der Waals surface area (Å²) in [4.78, 5) is 12.8. The second-order valence-corrected chi connectivity index (χ2v) is 3.72. The van der Waals surface area contributed by atoms with E-state index in [0.29, 0.717) is 5.56 Å². The van der Waals surface area contributed by atoms with Crippen molar-refractivity contribution in [1.82, 2.24) is 10.2 Å². The van der Waals surface area contributed by atoms with E-state index in [2.05, 4.69) is 5.32 Å². The van der Waals surface area contributed by atoms with Crippen molar-refractivity contribution in [1.29, 1.82) is 5.26 Å². The standard InChI is InChI=1S/C12H14FN3O2/c1-16(4-5-17)12(18)15-8-10-3-2-9(7-14)6-11(10)13/h2-3,6,17H,4-5,8H2,1H3,(H,15,18). The van der Waals surface area contributed by atoms with Crippen LogP contribution in [0.3, 0.4) is 0 Å². The lowest BCUT2D eigenvalue weighted by molar-refractivity contribution is 0.190. The fraction of sp³-hybridized carbons (Fsp3) is 0.333. The molecular formula is C12H14FN3O2. The maximum absolute atomic E-state index is 13.5. The minimum atomic E-state index is -0.529. The van der Waals surface area contributed by atoms with E-state index in [-0.39, 0.29) is 25.3 Å². The Kier molecular flexibility index (Phi) is 5.08. The molecule has 0 saturated carbocycles. The number of hydrogen-bond donors (Lipinski definition) is 2. The van der Waals surface area contributed by atoms with Gasteiger partial charge in [-0.3, -0.25) is 0 Å². The highest BCUT2D eigenvalue weighted by Gasteiger charge is 2.09. The molecule has 0 unspecified atom stereocenters. The summed E-state index contributed by atoms with van der Waals surface area (Å²) < 4.78 is 13.5. The number of carbonyl (C=O) groups excluding carboxylic acids is 1. The van der Waals surface area contributed by atoms with Crippen molar-refractivity contribution in [2.45, 2.75) is 6.54 Å². The molecule has 5 nitrogen and oxygen atoms in total. The zero-order valence-corrected chi connectivity index (χ0v) is 9.98. The molecule has 0 aromatic heterocycles. The van der Waals surface area contributed by atoms with Gasteiger partial charge in [-0.25, -0.2) is 9.18 Å². The van der Waals surface area contributed by atoms with Gasteiger partial charge in [0.2, 0.25) is 0 Å². The van der Waals surface area contributed by atoms with E-state index in [0.717, 1.165) is 6.07 Å². The van der Waals surface area contributed by atoms with Crippen LogP contribution in [0.2, 0.25) is 0 Å². The zero-order chi connectivity index (χ0) is 13.5. The molecule has 0 saturated heterocycles. The largest absolute Gasteiger partial charge is 0.395 e. The van der Waals surface area contributed by atoms with Gasteiger partial charge < -0.3 is 15.3 Å². The molecule has 2 amide bonds. The number of aliphatic hydroxyl groups excluding tert-OH is 1. The summed E-state index contributed by atoms with van der Waals surface area (Å²) in [7, 11) is 1.53. The lowest BCUT2D eigenvalue weighted by Crippen LogP contribution is -2.38. The molecule has 0 aliphatic carbocycles. The molecule has 96 valence electrons. The van der Waals surface area contributed by atoms with Gasteiger partial charge in [0.25, 0.3) is 0 Å². The number of aliphatic hydroxyl groups is 1. The van der Waals surface area contributed by atoms with Crippen LogP contribution in [0.4, 0.5) is 9.18 Å². The molecule has 1 aromatic rings. The van der Waals surface area contributed by atoms with Crippen LogP contribution in [0.5, 0.6) is 0 Å². The maximum atomic E-state index is 13.5. The number of likely N-dealkylation sites (N-methyl/N-ethyl adjacent to an activating group) is 1. The van der Waals surface area contributed by atoms with Crippen molar-refractivity contribution in [3.05, 3.63) is 35.1 Å². The molecule has 1 aromatic carbocycles. The smallest absolute Gasteiger partial charge is 0.317 e. The molecule has 0 bridgehead atoms. The minimum absolute atomic E-state index is 0.0339. The average Bonchev–Trinajstić information content (AvgIpc) is 2.37. The Morgan fingerprint density at radius 1 is 1.61 bits per heavy atom. The van der Waals surface area contributed by atoms with Crippen LogP contribution in [0.25, 0.3) is 0 Å². The third kappa shape index (κ3) is 3.71. The highest BCUT2D eigenvalue weighted by Crippen LogP contribution is 2.09. The lowest BCUT2D eigenvalue weighted by Gasteiger charge is -2.16. The molecule has 0 fully saturated rings. The van der Waals surface area contributed by atoms with Gasteiger partial charge in [0.1, 0.15) is 5.82 Å². The minimum Gasteiger partial charge on any atom is -0.395 e. The average molecular weight is 251 g/mol. The second-order valence-electron chi connectivity index (χ2n) is 3.72. The van der Waals surface area contributed by atoms with E-state index in [1.165, 1.54) is 24.1 Å². The number of amides is 2. The first-order chi connectivity index (χ1) is 8.58. The number of halogens is 1. The quantitative estimate of drug-likeness (QED) is 0.832. The Bertz CT molecular complexity index is 471. The van der Waals surface area contributed by atoms with Crippen molar-refractivity contribution < 1.29 is 14.3 Å². The Hall–Kier alpha value is -2.13. The summed E-state index contributed by atoms with van der Waals surface area (Å²) >= 11 is 0. The van der Waals surface area contributed by atoms with Gasteiger partial charge in [-0.2, -0.15) is 5.26 Å². The Balaban J connectivity index is 2.59. The number of nitriles is 1. The molecule has 2 N–H and O–H groups in total. The van der Waals surface area contributed by atoms with Gasteiger partial charge >= 0.3 is 6.03 Å². The van der Waals surface area contributed by atoms with Crippen LogP contribution in [-0.4, -0.2) is 36.2 Å². The maximum Gasteiger partial charge on any atom is 0.317 e. The summed E-state index contributed by atoms with van der Waals surface area (Å²) in [6.45, 7) is 0.114. The highest BCUT2D eigenvalue weighted by atomic mass is 19.1. The summed E-state index contributed by atoms with van der Waals surface area (Å²) in [6, 6.07) is 5.51. The number of hydrogen-bond acceptors (Lipinski definition) is 3. The molecule has 0 radical (unpaired) electrons. The summed E-state index contributed by atoms with van der Waals surface area (Å²) in [5.74, 6) is -0.529. The highest BCUT2D eigenvalue weighted by molar-refractivity contribution is 5.73. The van der Waals surface area contributed by atoms with E-state index in [9.17, 15) is 9.18 Å². The van der Waals surface area contributed by atoms with Crippen molar-refractivity contribution >= 4 is 6.03 Å². The number of urea groups is 1. The van der Waals surface area contributed by atoms with E-state index in [1.807, 2.05) is 6.07 Å². The number of benzene rings is 1. The first-order valence-electron chi connectivity index (χ1n) is 5.37. The van der Waals surface area contributed by atoms with Gasteiger partial charge in [-0.1, -0.05) is 6.07 Å². The Morgan fingerprint density at radius 3 is 2.89 bits per heavy atom. The molecule has 0 aliphatic rings. The summed E-state index contributed by atoms with van der Waals surface area (Å²) in [5.41, 5.74) is 0.541. The van der Waals surface area contributed by atoms with E-state index in [1.54, 1.807) is 0 Å². The second kappa shape index (κ2) is 6.57. The summed E-state index contributed by atoms with van der Waals surface area (Å²) in [6.07, 6.45) is 0. The van der Waals surface area contributed by atoms with Crippen LogP contribution in [0.15, 0.2) is 18.2 Å². The van der Waals surface area contributed by atoms with Crippen LogP contribution < -0.4 is 5.32 Å². The van der Waals surface area contributed by atoms with Gasteiger partial charge in [0.05, 0.1) is 18.2 Å².